The highest BCUT2D eigenvalue weighted by Crippen LogP contribution is 2.34. The fraction of sp³-hybridized carbons (Fsp3) is 0.273. The van der Waals surface area contributed by atoms with Gasteiger partial charge in [0, 0.05) is 23.1 Å². The van der Waals surface area contributed by atoms with E-state index in [-0.39, 0.29) is 5.91 Å². The highest BCUT2D eigenvalue weighted by molar-refractivity contribution is 6.02. The number of rotatable bonds is 7. The lowest BCUT2D eigenvalue weighted by atomic mass is 9.98. The van der Waals surface area contributed by atoms with Crippen molar-refractivity contribution in [3.8, 4) is 11.1 Å². The summed E-state index contributed by atoms with van der Waals surface area (Å²) in [6.45, 7) is 4.79. The third-order valence-electron chi connectivity index (χ3n) is 4.75. The van der Waals surface area contributed by atoms with Gasteiger partial charge in [-0.2, -0.15) is 0 Å². The van der Waals surface area contributed by atoms with Crippen molar-refractivity contribution in [3.63, 3.8) is 0 Å². The van der Waals surface area contributed by atoms with Gasteiger partial charge in [0.1, 0.15) is 0 Å². The molecule has 0 radical (unpaired) electrons. The predicted octanol–water partition coefficient (Wildman–Crippen LogP) is 4.35. The van der Waals surface area contributed by atoms with Crippen LogP contribution in [0.4, 0.5) is 0 Å². The van der Waals surface area contributed by atoms with Gasteiger partial charge in [0.2, 0.25) is 0 Å². The molecule has 0 aliphatic rings. The van der Waals surface area contributed by atoms with Crippen LogP contribution in [0.5, 0.6) is 0 Å². The molecule has 3 aromatic rings. The highest BCUT2D eigenvalue weighted by atomic mass is 16.1. The fourth-order valence-electron chi connectivity index (χ4n) is 3.49. The number of pyridine rings is 1. The Kier molecular flexibility index (Phi) is 5.52. The Bertz CT molecular complexity index is 883. The molecule has 26 heavy (non-hydrogen) atoms. The summed E-state index contributed by atoms with van der Waals surface area (Å²) >= 11 is 0. The molecule has 0 aliphatic heterocycles. The average Bonchev–Trinajstić information content (AvgIpc) is 2.93. The second-order valence-corrected chi connectivity index (χ2v) is 6.52. The number of nitrogens with two attached hydrogens (primary N) is 1. The molecule has 1 aromatic carbocycles. The lowest BCUT2D eigenvalue weighted by Crippen LogP contribution is -2.13. The minimum atomic E-state index is -0.376. The number of carbonyl (C=O) groups excluding carboxylic acids is 1. The van der Waals surface area contributed by atoms with E-state index in [2.05, 4.69) is 16.5 Å². The summed E-state index contributed by atoms with van der Waals surface area (Å²) in [5.74, 6) is -0.376. The Morgan fingerprint density at radius 1 is 1.12 bits per heavy atom. The number of aromatic nitrogens is 2. The van der Waals surface area contributed by atoms with E-state index in [1.54, 1.807) is 6.20 Å². The van der Waals surface area contributed by atoms with Crippen molar-refractivity contribution in [2.45, 2.75) is 39.7 Å². The van der Waals surface area contributed by atoms with Crippen LogP contribution in [0, 0.1) is 6.92 Å². The number of nitrogens with zero attached hydrogens (tertiary/aromatic N) is 2. The summed E-state index contributed by atoms with van der Waals surface area (Å²) in [6, 6.07) is 16.0. The molecule has 0 aliphatic carbocycles. The van der Waals surface area contributed by atoms with Crippen LogP contribution in [0.25, 0.3) is 11.1 Å². The van der Waals surface area contributed by atoms with E-state index in [0.717, 1.165) is 47.5 Å². The first-order valence-corrected chi connectivity index (χ1v) is 9.10. The Balaban J connectivity index is 2.21. The molecule has 134 valence electrons. The largest absolute Gasteiger partial charge is 0.366 e. The number of benzene rings is 1. The van der Waals surface area contributed by atoms with Crippen LogP contribution in [-0.2, 0) is 13.0 Å². The molecule has 1 amide bonds. The van der Waals surface area contributed by atoms with Gasteiger partial charge in [-0.15, -0.1) is 0 Å². The van der Waals surface area contributed by atoms with Crippen LogP contribution < -0.4 is 5.73 Å². The maximum Gasteiger partial charge on any atom is 0.251 e. The molecule has 0 saturated carbocycles. The molecule has 0 atom stereocenters. The van der Waals surface area contributed by atoms with E-state index in [0.29, 0.717) is 12.1 Å². The lowest BCUT2D eigenvalue weighted by Gasteiger charge is -2.13. The van der Waals surface area contributed by atoms with Crippen LogP contribution in [0.1, 0.15) is 47.2 Å². The summed E-state index contributed by atoms with van der Waals surface area (Å²) in [6.07, 6.45) is 4.85. The molecule has 2 heterocycles. The minimum absolute atomic E-state index is 0.376. The van der Waals surface area contributed by atoms with Gasteiger partial charge in [-0.25, -0.2) is 0 Å². The summed E-state index contributed by atoms with van der Waals surface area (Å²) in [5.41, 5.74) is 11.5. The van der Waals surface area contributed by atoms with E-state index >= 15 is 0 Å². The van der Waals surface area contributed by atoms with Crippen molar-refractivity contribution in [1.29, 1.82) is 0 Å². The van der Waals surface area contributed by atoms with Gasteiger partial charge >= 0.3 is 0 Å². The standard InChI is InChI=1S/C22H25N3O/c1-3-4-13-19-21(17-10-6-5-7-11-17)20(22(23)26)16(2)25(19)15-18-12-8-9-14-24-18/h5-12,14H,3-4,13,15H2,1-2H3,(H2,23,26). The van der Waals surface area contributed by atoms with Crippen molar-refractivity contribution in [3.05, 3.63) is 77.4 Å². The summed E-state index contributed by atoms with van der Waals surface area (Å²) in [5, 5.41) is 0. The third-order valence-corrected chi connectivity index (χ3v) is 4.75. The van der Waals surface area contributed by atoms with E-state index in [1.807, 2.05) is 55.5 Å². The van der Waals surface area contributed by atoms with Crippen LogP contribution in [0.15, 0.2) is 54.7 Å². The lowest BCUT2D eigenvalue weighted by molar-refractivity contribution is 0.1000. The molecule has 0 spiro atoms. The molecule has 0 bridgehead atoms. The van der Waals surface area contributed by atoms with Crippen LogP contribution >= 0.6 is 0 Å². The number of primary amides is 1. The molecule has 4 heteroatoms. The van der Waals surface area contributed by atoms with Crippen LogP contribution in [-0.4, -0.2) is 15.5 Å². The molecule has 0 saturated heterocycles. The predicted molar refractivity (Wildman–Crippen MR) is 105 cm³/mol. The second-order valence-electron chi connectivity index (χ2n) is 6.52. The highest BCUT2D eigenvalue weighted by Gasteiger charge is 2.24. The van der Waals surface area contributed by atoms with Crippen molar-refractivity contribution in [2.75, 3.05) is 0 Å². The number of amides is 1. The molecule has 0 fully saturated rings. The minimum Gasteiger partial charge on any atom is -0.366 e. The number of hydrogen-bond donors (Lipinski definition) is 1. The van der Waals surface area contributed by atoms with Gasteiger partial charge in [0.15, 0.2) is 0 Å². The van der Waals surface area contributed by atoms with Crippen LogP contribution in [0.3, 0.4) is 0 Å². The molecular weight excluding hydrogens is 322 g/mol. The maximum absolute atomic E-state index is 12.3. The van der Waals surface area contributed by atoms with E-state index in [4.69, 9.17) is 5.73 Å². The average molecular weight is 347 g/mol. The van der Waals surface area contributed by atoms with Crippen LogP contribution in [0.2, 0.25) is 0 Å². The fourth-order valence-corrected chi connectivity index (χ4v) is 3.49. The molecule has 2 aromatic heterocycles. The second kappa shape index (κ2) is 8.00. The molecule has 4 nitrogen and oxygen atoms in total. The topological polar surface area (TPSA) is 60.9 Å². The first kappa shape index (κ1) is 17.9. The summed E-state index contributed by atoms with van der Waals surface area (Å²) in [4.78, 5) is 16.8. The number of hydrogen-bond acceptors (Lipinski definition) is 2. The first-order chi connectivity index (χ1) is 12.6. The SMILES string of the molecule is CCCCc1c(-c2ccccc2)c(C(N)=O)c(C)n1Cc1ccccn1. The van der Waals surface area contributed by atoms with Crippen molar-refractivity contribution >= 4 is 5.91 Å². The van der Waals surface area contributed by atoms with E-state index in [9.17, 15) is 4.79 Å². The van der Waals surface area contributed by atoms with E-state index in [1.165, 1.54) is 0 Å². The molecule has 2 N–H and O–H groups in total. The Labute approximate surface area is 154 Å². The Morgan fingerprint density at radius 2 is 1.85 bits per heavy atom. The number of carbonyl (C=O) groups is 1. The van der Waals surface area contributed by atoms with Crippen molar-refractivity contribution < 1.29 is 4.79 Å². The first-order valence-electron chi connectivity index (χ1n) is 9.10. The van der Waals surface area contributed by atoms with Gasteiger partial charge in [-0.1, -0.05) is 49.7 Å². The smallest absolute Gasteiger partial charge is 0.251 e. The monoisotopic (exact) mass is 347 g/mol. The van der Waals surface area contributed by atoms with Crippen molar-refractivity contribution in [2.24, 2.45) is 5.73 Å². The Hall–Kier alpha value is -2.88. The molecule has 0 unspecified atom stereocenters. The van der Waals surface area contributed by atoms with Gasteiger partial charge in [0.25, 0.3) is 5.91 Å². The van der Waals surface area contributed by atoms with Gasteiger partial charge < -0.3 is 10.3 Å². The van der Waals surface area contributed by atoms with Gasteiger partial charge in [0.05, 0.1) is 17.8 Å². The van der Waals surface area contributed by atoms with Gasteiger partial charge in [-0.05, 0) is 37.5 Å². The number of unbranched alkanes of at least 4 members (excludes halogenated alkanes) is 1. The molecular formula is C22H25N3O. The van der Waals surface area contributed by atoms with Crippen molar-refractivity contribution in [1.82, 2.24) is 9.55 Å². The summed E-state index contributed by atoms with van der Waals surface area (Å²) in [7, 11) is 0. The Morgan fingerprint density at radius 3 is 2.46 bits per heavy atom. The third kappa shape index (κ3) is 3.54. The zero-order valence-corrected chi connectivity index (χ0v) is 15.4. The van der Waals surface area contributed by atoms with E-state index < -0.39 is 0 Å². The zero-order chi connectivity index (χ0) is 18.5. The maximum atomic E-state index is 12.3. The summed E-state index contributed by atoms with van der Waals surface area (Å²) < 4.78 is 2.21. The molecule has 3 rings (SSSR count). The normalized spacial score (nSPS) is 10.8. The quantitative estimate of drug-likeness (QED) is 0.691. The van der Waals surface area contributed by atoms with Gasteiger partial charge in [-0.3, -0.25) is 9.78 Å². The zero-order valence-electron chi connectivity index (χ0n) is 15.4.